The van der Waals surface area contributed by atoms with Gasteiger partial charge in [-0.15, -0.1) is 0 Å². The molecule has 3 heterocycles. The topological polar surface area (TPSA) is 68.6 Å². The van der Waals surface area contributed by atoms with Crippen LogP contribution in [0.3, 0.4) is 0 Å². The van der Waals surface area contributed by atoms with Gasteiger partial charge in [-0.2, -0.15) is 18.3 Å². The summed E-state index contributed by atoms with van der Waals surface area (Å²) in [6.45, 7) is 2.86. The Labute approximate surface area is 208 Å². The van der Waals surface area contributed by atoms with Gasteiger partial charge in [0.15, 0.2) is 23.2 Å². The fourth-order valence-electron chi connectivity index (χ4n) is 6.28. The summed E-state index contributed by atoms with van der Waals surface area (Å²) >= 11 is 0. The van der Waals surface area contributed by atoms with Gasteiger partial charge in [-0.25, -0.2) is 4.68 Å². The van der Waals surface area contributed by atoms with Crippen molar-refractivity contribution in [2.75, 3.05) is 26.1 Å². The number of aromatic nitrogens is 2. The number of carbonyl (C=O) groups excluding carboxylic acids is 1. The van der Waals surface area contributed by atoms with Crippen molar-refractivity contribution in [3.05, 3.63) is 35.5 Å². The van der Waals surface area contributed by atoms with Crippen molar-refractivity contribution in [2.45, 2.75) is 69.8 Å². The molecule has 0 radical (unpaired) electrons. The minimum atomic E-state index is -4.52. The van der Waals surface area contributed by atoms with Gasteiger partial charge in [-0.05, 0) is 48.8 Å². The summed E-state index contributed by atoms with van der Waals surface area (Å²) in [5.74, 6) is 1.86. The van der Waals surface area contributed by atoms with Gasteiger partial charge < -0.3 is 19.7 Å². The number of piperidine rings is 1. The highest BCUT2D eigenvalue weighted by atomic mass is 19.4. The zero-order chi connectivity index (χ0) is 25.6. The molecule has 0 unspecified atom stereocenters. The number of rotatable bonds is 4. The molecular formula is C26H33F3N4O3. The molecule has 1 saturated carbocycles. The third-order valence-electron chi connectivity index (χ3n) is 8.22. The van der Waals surface area contributed by atoms with Crippen LogP contribution in [-0.4, -0.2) is 53.6 Å². The molecule has 1 aromatic carbocycles. The average molecular weight is 507 g/mol. The molecular weight excluding hydrogens is 473 g/mol. The average Bonchev–Trinajstić information content (AvgIpc) is 3.31. The number of fused-ring (bicyclic) bond motifs is 2. The number of hydrogen-bond donors (Lipinski definition) is 1. The molecule has 196 valence electrons. The molecule has 7 nitrogen and oxygen atoms in total. The van der Waals surface area contributed by atoms with E-state index in [9.17, 15) is 18.0 Å². The molecule has 3 aliphatic rings. The minimum absolute atomic E-state index is 0.0681. The molecule has 1 saturated heterocycles. The second-order valence-electron chi connectivity index (χ2n) is 10.2. The Bertz CT molecular complexity index is 1120. The highest BCUT2D eigenvalue weighted by Crippen LogP contribution is 2.45. The van der Waals surface area contributed by atoms with Crippen LogP contribution in [0.5, 0.6) is 11.5 Å². The number of nitrogens with zero attached hydrogens (tertiary/aromatic N) is 3. The molecule has 2 aliphatic heterocycles. The van der Waals surface area contributed by atoms with Crippen LogP contribution in [0.1, 0.15) is 73.6 Å². The third-order valence-corrected chi connectivity index (χ3v) is 8.22. The maximum absolute atomic E-state index is 14.2. The number of benzene rings is 1. The predicted octanol–water partition coefficient (Wildman–Crippen LogP) is 5.60. The van der Waals surface area contributed by atoms with Gasteiger partial charge in [-0.1, -0.05) is 25.8 Å². The van der Waals surface area contributed by atoms with Gasteiger partial charge in [0.05, 0.1) is 20.3 Å². The molecule has 1 aliphatic carbocycles. The quantitative estimate of drug-likeness (QED) is 0.585. The van der Waals surface area contributed by atoms with Gasteiger partial charge in [0.1, 0.15) is 5.82 Å². The highest BCUT2D eigenvalue weighted by molar-refractivity contribution is 5.93. The van der Waals surface area contributed by atoms with E-state index < -0.39 is 18.3 Å². The van der Waals surface area contributed by atoms with Crippen molar-refractivity contribution in [3.8, 4) is 11.5 Å². The van der Waals surface area contributed by atoms with Crippen LogP contribution < -0.4 is 14.8 Å². The fraction of sp³-hybridized carbons (Fsp3) is 0.615. The van der Waals surface area contributed by atoms with E-state index in [0.717, 1.165) is 30.4 Å². The molecule has 1 N–H and O–H groups in total. The predicted molar refractivity (Wildman–Crippen MR) is 128 cm³/mol. The van der Waals surface area contributed by atoms with Crippen LogP contribution in [0.25, 0.3) is 0 Å². The van der Waals surface area contributed by atoms with E-state index in [1.165, 1.54) is 26.7 Å². The van der Waals surface area contributed by atoms with Crippen molar-refractivity contribution in [2.24, 2.45) is 11.8 Å². The van der Waals surface area contributed by atoms with Gasteiger partial charge in [0.25, 0.3) is 5.91 Å². The maximum atomic E-state index is 14.2. The number of hydrogen-bond acceptors (Lipinski definition) is 5. The monoisotopic (exact) mass is 506 g/mol. The molecule has 1 amide bonds. The second kappa shape index (κ2) is 9.52. The molecule has 1 aromatic heterocycles. The Balaban J connectivity index is 1.45. The van der Waals surface area contributed by atoms with Gasteiger partial charge >= 0.3 is 6.18 Å². The number of methoxy groups -OCH3 is 2. The number of nitrogens with one attached hydrogen (secondary N) is 1. The molecule has 2 aromatic rings. The number of ether oxygens (including phenoxy) is 2. The summed E-state index contributed by atoms with van der Waals surface area (Å²) in [6, 6.07) is 4.21. The van der Waals surface area contributed by atoms with Crippen LogP contribution in [0.15, 0.2) is 24.3 Å². The zero-order valence-electron chi connectivity index (χ0n) is 20.8. The Morgan fingerprint density at radius 1 is 1.08 bits per heavy atom. The first-order valence-electron chi connectivity index (χ1n) is 12.7. The lowest BCUT2D eigenvalue weighted by Crippen LogP contribution is -2.52. The molecule has 0 spiro atoms. The standard InChI is InChI=1S/C26H33F3N4O3/c1-15-10-11-32(20-7-5-4-6-17(15)20)25(34)19-14-24-30-18(13-23(26(27,28)29)33(24)31-19)16-8-9-21(35-2)22(12-16)36-3/h8-9,12,14-15,17-18,20,23,30H,4-7,10-11,13H2,1-3H3/t15-,17+,18-,20+,23+/m0/s1. The van der Waals surface area contributed by atoms with Crippen molar-refractivity contribution in [1.82, 2.24) is 14.7 Å². The summed E-state index contributed by atoms with van der Waals surface area (Å²) < 4.78 is 54.1. The lowest BCUT2D eigenvalue weighted by molar-refractivity contribution is -0.173. The molecule has 10 heteroatoms. The van der Waals surface area contributed by atoms with Crippen molar-refractivity contribution in [3.63, 3.8) is 0 Å². The summed E-state index contributed by atoms with van der Waals surface area (Å²) in [5.41, 5.74) is 0.705. The summed E-state index contributed by atoms with van der Waals surface area (Å²) in [5, 5.41) is 7.40. The van der Waals surface area contributed by atoms with Crippen LogP contribution in [0, 0.1) is 11.8 Å². The fourth-order valence-corrected chi connectivity index (χ4v) is 6.28. The van der Waals surface area contributed by atoms with E-state index in [2.05, 4.69) is 17.3 Å². The Morgan fingerprint density at radius 3 is 2.56 bits per heavy atom. The summed E-state index contributed by atoms with van der Waals surface area (Å²) in [4.78, 5) is 15.4. The molecule has 2 fully saturated rings. The van der Waals surface area contributed by atoms with Gasteiger partial charge in [-0.3, -0.25) is 4.79 Å². The molecule has 5 atom stereocenters. The lowest BCUT2D eigenvalue weighted by Gasteiger charge is -2.47. The van der Waals surface area contributed by atoms with Gasteiger partial charge in [0, 0.05) is 25.1 Å². The van der Waals surface area contributed by atoms with E-state index >= 15 is 0 Å². The van der Waals surface area contributed by atoms with E-state index in [1.54, 1.807) is 18.2 Å². The maximum Gasteiger partial charge on any atom is 0.410 e. The SMILES string of the molecule is COc1ccc([C@@H]2C[C@H](C(F)(F)F)n3nc(C(=O)N4CC[C@H](C)[C@H]5CCCC[C@H]54)cc3N2)cc1OC. The zero-order valence-corrected chi connectivity index (χ0v) is 20.8. The third kappa shape index (κ3) is 4.39. The van der Waals surface area contributed by atoms with Crippen LogP contribution >= 0.6 is 0 Å². The number of halogens is 3. The number of alkyl halides is 3. The summed E-state index contributed by atoms with van der Waals surface area (Å²) in [7, 11) is 2.99. The molecule has 5 rings (SSSR count). The van der Waals surface area contributed by atoms with Crippen LogP contribution in [0.4, 0.5) is 19.0 Å². The number of amides is 1. The summed E-state index contributed by atoms with van der Waals surface area (Å²) in [6.07, 6.45) is 0.410. The van der Waals surface area contributed by atoms with Crippen molar-refractivity contribution >= 4 is 11.7 Å². The first-order chi connectivity index (χ1) is 17.2. The smallest absolute Gasteiger partial charge is 0.410 e. The minimum Gasteiger partial charge on any atom is -0.493 e. The number of anilines is 1. The van der Waals surface area contributed by atoms with E-state index in [-0.39, 0.29) is 29.9 Å². The largest absolute Gasteiger partial charge is 0.493 e. The Hall–Kier alpha value is -2.91. The van der Waals surface area contributed by atoms with Crippen molar-refractivity contribution in [1.29, 1.82) is 0 Å². The first-order valence-corrected chi connectivity index (χ1v) is 12.7. The van der Waals surface area contributed by atoms with E-state index in [0.29, 0.717) is 35.4 Å². The number of likely N-dealkylation sites (tertiary alicyclic amines) is 1. The highest BCUT2D eigenvalue weighted by Gasteiger charge is 2.47. The molecule has 36 heavy (non-hydrogen) atoms. The van der Waals surface area contributed by atoms with E-state index in [4.69, 9.17) is 9.47 Å². The normalized spacial score (nSPS) is 28.1. The van der Waals surface area contributed by atoms with E-state index in [1.807, 2.05) is 4.90 Å². The van der Waals surface area contributed by atoms with Crippen LogP contribution in [-0.2, 0) is 0 Å². The Morgan fingerprint density at radius 2 is 1.83 bits per heavy atom. The van der Waals surface area contributed by atoms with Crippen molar-refractivity contribution < 1.29 is 27.4 Å². The first kappa shape index (κ1) is 24.8. The Kier molecular flexibility index (Phi) is 6.55. The second-order valence-corrected chi connectivity index (χ2v) is 10.2. The number of carbonyl (C=O) groups is 1. The lowest BCUT2D eigenvalue weighted by atomic mass is 9.72. The van der Waals surface area contributed by atoms with Gasteiger partial charge in [0.2, 0.25) is 0 Å². The molecule has 0 bridgehead atoms. The van der Waals surface area contributed by atoms with Crippen LogP contribution in [0.2, 0.25) is 0 Å².